The van der Waals surface area contributed by atoms with Crippen LogP contribution in [0, 0.1) is 5.92 Å². The SMILES string of the molecule is CC(C)C(N)c1cc(C=O)ccn1. The van der Waals surface area contributed by atoms with Crippen LogP contribution in [-0.4, -0.2) is 11.3 Å². The van der Waals surface area contributed by atoms with Crippen molar-refractivity contribution in [3.05, 3.63) is 29.6 Å². The fourth-order valence-corrected chi connectivity index (χ4v) is 1.06. The molecule has 3 heteroatoms. The van der Waals surface area contributed by atoms with Gasteiger partial charge in [0, 0.05) is 17.8 Å². The topological polar surface area (TPSA) is 56.0 Å². The molecule has 0 spiro atoms. The number of carbonyl (C=O) groups is 1. The molecule has 70 valence electrons. The number of aromatic nitrogens is 1. The minimum absolute atomic E-state index is 0.0973. The van der Waals surface area contributed by atoms with Crippen molar-refractivity contribution in [1.29, 1.82) is 0 Å². The van der Waals surface area contributed by atoms with Crippen LogP contribution in [0.4, 0.5) is 0 Å². The second-order valence-electron chi connectivity index (χ2n) is 3.40. The molecule has 0 aromatic carbocycles. The number of carbonyl (C=O) groups excluding carboxylic acids is 1. The predicted molar refractivity (Wildman–Crippen MR) is 51.4 cm³/mol. The molecule has 1 atom stereocenters. The fraction of sp³-hybridized carbons (Fsp3) is 0.400. The molecule has 1 aromatic rings. The molecule has 0 amide bonds. The van der Waals surface area contributed by atoms with Crippen LogP contribution < -0.4 is 5.73 Å². The Morgan fingerprint density at radius 2 is 2.23 bits per heavy atom. The van der Waals surface area contributed by atoms with Gasteiger partial charge in [-0.05, 0) is 18.1 Å². The van der Waals surface area contributed by atoms with E-state index in [9.17, 15) is 4.79 Å². The van der Waals surface area contributed by atoms with Gasteiger partial charge in [0.1, 0.15) is 6.29 Å². The number of nitrogens with zero attached hydrogens (tertiary/aromatic N) is 1. The lowest BCUT2D eigenvalue weighted by molar-refractivity contribution is 0.112. The van der Waals surface area contributed by atoms with Gasteiger partial charge < -0.3 is 5.73 Å². The predicted octanol–water partition coefficient (Wildman–Crippen LogP) is 1.55. The molecule has 0 fully saturated rings. The van der Waals surface area contributed by atoms with E-state index in [0.717, 1.165) is 12.0 Å². The van der Waals surface area contributed by atoms with Crippen molar-refractivity contribution in [3.63, 3.8) is 0 Å². The monoisotopic (exact) mass is 178 g/mol. The molecule has 1 aromatic heterocycles. The average Bonchev–Trinajstić information content (AvgIpc) is 2.16. The molecule has 3 nitrogen and oxygen atoms in total. The number of nitrogens with two attached hydrogens (primary N) is 1. The zero-order chi connectivity index (χ0) is 9.84. The highest BCUT2D eigenvalue weighted by atomic mass is 16.1. The lowest BCUT2D eigenvalue weighted by Gasteiger charge is -2.14. The van der Waals surface area contributed by atoms with Crippen LogP contribution in [-0.2, 0) is 0 Å². The molecule has 0 saturated carbocycles. The first-order chi connectivity index (χ1) is 6.15. The molecule has 0 bridgehead atoms. The summed E-state index contributed by atoms with van der Waals surface area (Å²) < 4.78 is 0. The Morgan fingerprint density at radius 1 is 1.54 bits per heavy atom. The summed E-state index contributed by atoms with van der Waals surface area (Å²) in [4.78, 5) is 14.6. The number of pyridine rings is 1. The van der Waals surface area contributed by atoms with Crippen molar-refractivity contribution in [2.45, 2.75) is 19.9 Å². The van der Waals surface area contributed by atoms with Gasteiger partial charge in [0.25, 0.3) is 0 Å². The summed E-state index contributed by atoms with van der Waals surface area (Å²) in [5.74, 6) is 0.328. The first-order valence-electron chi connectivity index (χ1n) is 4.32. The van der Waals surface area contributed by atoms with Gasteiger partial charge in [-0.15, -0.1) is 0 Å². The fourth-order valence-electron chi connectivity index (χ4n) is 1.06. The highest BCUT2D eigenvalue weighted by molar-refractivity contribution is 5.74. The van der Waals surface area contributed by atoms with Crippen LogP contribution in [0.1, 0.15) is 35.9 Å². The third kappa shape index (κ3) is 2.36. The minimum atomic E-state index is -0.0973. The van der Waals surface area contributed by atoms with E-state index in [4.69, 9.17) is 5.73 Å². The molecule has 0 aliphatic carbocycles. The van der Waals surface area contributed by atoms with Gasteiger partial charge in [0.05, 0.1) is 5.69 Å². The van der Waals surface area contributed by atoms with Gasteiger partial charge in [0.15, 0.2) is 0 Å². The van der Waals surface area contributed by atoms with Crippen molar-refractivity contribution in [3.8, 4) is 0 Å². The van der Waals surface area contributed by atoms with Crippen LogP contribution in [0.15, 0.2) is 18.3 Å². The molecule has 1 unspecified atom stereocenters. The van der Waals surface area contributed by atoms with Crippen molar-refractivity contribution in [2.75, 3.05) is 0 Å². The zero-order valence-corrected chi connectivity index (χ0v) is 7.90. The van der Waals surface area contributed by atoms with E-state index >= 15 is 0 Å². The van der Waals surface area contributed by atoms with Crippen LogP contribution in [0.25, 0.3) is 0 Å². The second-order valence-corrected chi connectivity index (χ2v) is 3.40. The smallest absolute Gasteiger partial charge is 0.150 e. The molecule has 0 saturated heterocycles. The Balaban J connectivity index is 2.94. The molecular weight excluding hydrogens is 164 g/mol. The van der Waals surface area contributed by atoms with E-state index in [1.54, 1.807) is 18.3 Å². The second kappa shape index (κ2) is 4.14. The highest BCUT2D eigenvalue weighted by Crippen LogP contribution is 2.16. The normalized spacial score (nSPS) is 12.9. The summed E-state index contributed by atoms with van der Waals surface area (Å²) in [6.07, 6.45) is 2.42. The summed E-state index contributed by atoms with van der Waals surface area (Å²) in [5.41, 5.74) is 7.29. The Morgan fingerprint density at radius 3 is 2.77 bits per heavy atom. The van der Waals surface area contributed by atoms with Crippen LogP contribution in [0.2, 0.25) is 0 Å². The molecule has 2 N–H and O–H groups in total. The van der Waals surface area contributed by atoms with E-state index in [1.807, 2.05) is 13.8 Å². The number of hydrogen-bond donors (Lipinski definition) is 1. The van der Waals surface area contributed by atoms with Gasteiger partial charge in [-0.1, -0.05) is 13.8 Å². The summed E-state index contributed by atoms with van der Waals surface area (Å²) in [7, 11) is 0. The number of hydrogen-bond acceptors (Lipinski definition) is 3. The first kappa shape index (κ1) is 9.86. The first-order valence-corrected chi connectivity index (χ1v) is 4.32. The van der Waals surface area contributed by atoms with E-state index in [1.165, 1.54) is 0 Å². The maximum Gasteiger partial charge on any atom is 0.150 e. The van der Waals surface area contributed by atoms with Crippen molar-refractivity contribution in [1.82, 2.24) is 4.98 Å². The lowest BCUT2D eigenvalue weighted by atomic mass is 10.0. The van der Waals surface area contributed by atoms with Crippen molar-refractivity contribution < 1.29 is 4.79 Å². The average molecular weight is 178 g/mol. The molecule has 1 rings (SSSR count). The molecule has 1 heterocycles. The Hall–Kier alpha value is -1.22. The number of aldehydes is 1. The largest absolute Gasteiger partial charge is 0.322 e. The van der Waals surface area contributed by atoms with Gasteiger partial charge in [-0.25, -0.2) is 0 Å². The highest BCUT2D eigenvalue weighted by Gasteiger charge is 2.11. The van der Waals surface area contributed by atoms with E-state index in [0.29, 0.717) is 11.5 Å². The molecule has 13 heavy (non-hydrogen) atoms. The van der Waals surface area contributed by atoms with Crippen molar-refractivity contribution in [2.24, 2.45) is 11.7 Å². The quantitative estimate of drug-likeness (QED) is 0.714. The molecule has 0 radical (unpaired) electrons. The Kier molecular flexibility index (Phi) is 3.14. The lowest BCUT2D eigenvalue weighted by Crippen LogP contribution is -2.18. The van der Waals surface area contributed by atoms with Gasteiger partial charge in [-0.2, -0.15) is 0 Å². The maximum absolute atomic E-state index is 10.5. The van der Waals surface area contributed by atoms with Crippen molar-refractivity contribution >= 4 is 6.29 Å². The third-order valence-electron chi connectivity index (χ3n) is 2.00. The van der Waals surface area contributed by atoms with Crippen LogP contribution in [0.3, 0.4) is 0 Å². The van der Waals surface area contributed by atoms with E-state index in [-0.39, 0.29) is 6.04 Å². The molecule has 0 aliphatic heterocycles. The standard InChI is InChI=1S/C10H14N2O/c1-7(2)10(11)9-5-8(6-13)3-4-12-9/h3-7,10H,11H2,1-2H3. The summed E-state index contributed by atoms with van der Waals surface area (Å²) in [5, 5.41) is 0. The van der Waals surface area contributed by atoms with Crippen LogP contribution in [0.5, 0.6) is 0 Å². The van der Waals surface area contributed by atoms with E-state index < -0.39 is 0 Å². The summed E-state index contributed by atoms with van der Waals surface area (Å²) in [6, 6.07) is 3.31. The summed E-state index contributed by atoms with van der Waals surface area (Å²) >= 11 is 0. The Labute approximate surface area is 78.0 Å². The van der Waals surface area contributed by atoms with Gasteiger partial charge in [-0.3, -0.25) is 9.78 Å². The Bertz CT molecular complexity index is 297. The zero-order valence-electron chi connectivity index (χ0n) is 7.90. The molecular formula is C10H14N2O. The third-order valence-corrected chi connectivity index (χ3v) is 2.00. The van der Waals surface area contributed by atoms with Gasteiger partial charge >= 0.3 is 0 Å². The maximum atomic E-state index is 10.5. The van der Waals surface area contributed by atoms with E-state index in [2.05, 4.69) is 4.98 Å². The van der Waals surface area contributed by atoms with Gasteiger partial charge in [0.2, 0.25) is 0 Å². The number of rotatable bonds is 3. The molecule has 0 aliphatic rings. The minimum Gasteiger partial charge on any atom is -0.322 e. The summed E-state index contributed by atoms with van der Waals surface area (Å²) in [6.45, 7) is 4.06. The van der Waals surface area contributed by atoms with Crippen LogP contribution >= 0.6 is 0 Å².